The minimum Gasteiger partial charge on any atom is -0.478 e. The minimum atomic E-state index is -1.23. The third-order valence-electron chi connectivity index (χ3n) is 9.04. The number of amides is 2. The van der Waals surface area contributed by atoms with Gasteiger partial charge >= 0.3 is 12.1 Å². The molecule has 0 saturated carbocycles. The molecule has 5 rings (SSSR count). The second-order valence-electron chi connectivity index (χ2n) is 16.0. The molecule has 1 fully saturated rings. The van der Waals surface area contributed by atoms with Crippen molar-refractivity contribution in [2.45, 2.75) is 84.7 Å². The van der Waals surface area contributed by atoms with Crippen LogP contribution in [0.2, 0.25) is 25.7 Å². The predicted octanol–water partition coefficient (Wildman–Crippen LogP) is 7.07. The van der Waals surface area contributed by atoms with E-state index in [1.807, 2.05) is 23.8 Å². The fourth-order valence-corrected chi connectivity index (χ4v) is 7.03. The molecule has 4 aromatic rings. The zero-order valence-corrected chi connectivity index (χ0v) is 33.3. The van der Waals surface area contributed by atoms with Gasteiger partial charge in [-0.05, 0) is 80.8 Å². The summed E-state index contributed by atoms with van der Waals surface area (Å²) >= 11 is 0. The van der Waals surface area contributed by atoms with E-state index >= 15 is 4.39 Å². The van der Waals surface area contributed by atoms with Crippen molar-refractivity contribution in [3.8, 4) is 11.5 Å². The van der Waals surface area contributed by atoms with E-state index in [1.54, 1.807) is 62.2 Å². The highest BCUT2D eigenvalue weighted by Gasteiger charge is 2.31. The van der Waals surface area contributed by atoms with Gasteiger partial charge in [-0.1, -0.05) is 37.8 Å². The Labute approximate surface area is 317 Å². The molecule has 2 aromatic heterocycles. The quantitative estimate of drug-likeness (QED) is 0.102. The lowest BCUT2D eigenvalue weighted by molar-refractivity contribution is -0.135. The zero-order valence-electron chi connectivity index (χ0n) is 32.3. The maximum atomic E-state index is 15.7. The third kappa shape index (κ3) is 11.1. The number of fused-ring (bicyclic) bond motifs is 1. The molecule has 1 atom stereocenters. The van der Waals surface area contributed by atoms with Gasteiger partial charge in [0.05, 0.1) is 10.9 Å². The van der Waals surface area contributed by atoms with Gasteiger partial charge in [-0.25, -0.2) is 19.0 Å². The highest BCUT2D eigenvalue weighted by molar-refractivity contribution is 6.76. The van der Waals surface area contributed by atoms with Gasteiger partial charge in [-0.3, -0.25) is 9.69 Å². The Morgan fingerprint density at radius 2 is 1.74 bits per heavy atom. The SMILES string of the molecule is Cc1cn(COCC[Si](C)(C)C)c2nccc(Oc3ccc(CC(NC(=O)OC(C)(C)C)C(=O)N4CCN(Cc5cccc(C(=O)O)c5)CC4)cc3F)c12. The first-order valence-electron chi connectivity index (χ1n) is 18.3. The molecule has 1 unspecified atom stereocenters. The molecule has 290 valence electrons. The van der Waals surface area contributed by atoms with Gasteiger partial charge in [0.15, 0.2) is 11.6 Å². The number of aromatic carboxylic acids is 1. The van der Waals surface area contributed by atoms with Crippen molar-refractivity contribution in [3.05, 3.63) is 89.0 Å². The molecule has 0 radical (unpaired) electrons. The Hall–Kier alpha value is -4.79. The first kappa shape index (κ1) is 40.4. The summed E-state index contributed by atoms with van der Waals surface area (Å²) in [5.74, 6) is -1.44. The summed E-state index contributed by atoms with van der Waals surface area (Å²) in [5, 5.41) is 12.8. The van der Waals surface area contributed by atoms with Gasteiger partial charge in [-0.2, -0.15) is 0 Å². The Balaban J connectivity index is 1.27. The molecule has 54 heavy (non-hydrogen) atoms. The zero-order chi connectivity index (χ0) is 39.2. The standard InChI is InChI=1S/C40H52FN5O7Si/c1-27-24-46(26-51-19-20-54(5,6)7)36-35(27)34(13-14-42-36)52-33-12-11-28(22-31(33)41)23-32(43-39(50)53-40(2,3)4)37(47)45-17-15-44(16-18-45)25-29-9-8-10-30(21-29)38(48)49/h8-14,21-22,24,32H,15-20,23,25-26H2,1-7H3,(H,43,50)(H,48,49). The van der Waals surface area contributed by atoms with Crippen LogP contribution in [-0.4, -0.2) is 94.9 Å². The van der Waals surface area contributed by atoms with Crippen LogP contribution in [0.5, 0.6) is 11.5 Å². The molecule has 0 bridgehead atoms. The van der Waals surface area contributed by atoms with E-state index in [0.717, 1.165) is 22.6 Å². The van der Waals surface area contributed by atoms with Gasteiger partial charge in [-0.15, -0.1) is 0 Å². The molecule has 1 saturated heterocycles. The molecule has 2 aromatic carbocycles. The van der Waals surface area contributed by atoms with Crippen LogP contribution in [0.1, 0.15) is 47.8 Å². The third-order valence-corrected chi connectivity index (χ3v) is 10.7. The number of pyridine rings is 1. The van der Waals surface area contributed by atoms with Crippen LogP contribution >= 0.6 is 0 Å². The molecule has 1 aliphatic rings. The van der Waals surface area contributed by atoms with E-state index in [0.29, 0.717) is 63.0 Å². The number of rotatable bonds is 14. The molecule has 12 nitrogen and oxygen atoms in total. The molecular formula is C40H52FN5O7Si. The first-order valence-corrected chi connectivity index (χ1v) is 22.0. The average molecular weight is 762 g/mol. The van der Waals surface area contributed by atoms with Crippen molar-refractivity contribution in [1.29, 1.82) is 0 Å². The summed E-state index contributed by atoms with van der Waals surface area (Å²) in [7, 11) is -1.23. The Morgan fingerprint density at radius 3 is 2.41 bits per heavy atom. The summed E-state index contributed by atoms with van der Waals surface area (Å²) in [6, 6.07) is 13.1. The number of halogens is 1. The van der Waals surface area contributed by atoms with Crippen molar-refractivity contribution in [2.24, 2.45) is 0 Å². The fraction of sp³-hybridized carbons (Fsp3) is 0.450. The lowest BCUT2D eigenvalue weighted by atomic mass is 10.0. The van der Waals surface area contributed by atoms with E-state index in [-0.39, 0.29) is 23.6 Å². The average Bonchev–Trinajstić information content (AvgIpc) is 3.42. The highest BCUT2D eigenvalue weighted by atomic mass is 28.3. The van der Waals surface area contributed by atoms with E-state index in [4.69, 9.17) is 14.2 Å². The molecule has 3 heterocycles. The topological polar surface area (TPSA) is 135 Å². The summed E-state index contributed by atoms with van der Waals surface area (Å²) in [5.41, 5.74) is 2.39. The predicted molar refractivity (Wildman–Crippen MR) is 207 cm³/mol. The monoisotopic (exact) mass is 761 g/mol. The number of hydrogen-bond donors (Lipinski definition) is 2. The number of carbonyl (C=O) groups excluding carboxylic acids is 2. The number of nitrogens with one attached hydrogen (secondary N) is 1. The highest BCUT2D eigenvalue weighted by Crippen LogP contribution is 2.34. The number of carbonyl (C=O) groups is 3. The first-order chi connectivity index (χ1) is 25.5. The van der Waals surface area contributed by atoms with Crippen molar-refractivity contribution in [1.82, 2.24) is 24.7 Å². The van der Waals surface area contributed by atoms with Crippen LogP contribution in [0, 0.1) is 12.7 Å². The van der Waals surface area contributed by atoms with Crippen LogP contribution in [0.3, 0.4) is 0 Å². The molecule has 2 amide bonds. The minimum absolute atomic E-state index is 0.0118. The maximum Gasteiger partial charge on any atom is 0.408 e. The fourth-order valence-electron chi connectivity index (χ4n) is 6.27. The number of benzene rings is 2. The van der Waals surface area contributed by atoms with Crippen LogP contribution in [-0.2, 0) is 34.0 Å². The van der Waals surface area contributed by atoms with E-state index in [2.05, 4.69) is 34.8 Å². The largest absolute Gasteiger partial charge is 0.478 e. The van der Waals surface area contributed by atoms with Gasteiger partial charge in [0.25, 0.3) is 0 Å². The Bertz CT molecular complexity index is 1960. The summed E-state index contributed by atoms with van der Waals surface area (Å²) in [6.45, 7) is 17.5. The maximum absolute atomic E-state index is 15.7. The van der Waals surface area contributed by atoms with Gasteiger partial charge in [0, 0.05) is 66.2 Å². The van der Waals surface area contributed by atoms with Crippen molar-refractivity contribution >= 4 is 37.1 Å². The lowest BCUT2D eigenvalue weighted by Crippen LogP contribution is -2.55. The number of nitrogens with zero attached hydrogens (tertiary/aromatic N) is 4. The van der Waals surface area contributed by atoms with Crippen molar-refractivity contribution in [2.75, 3.05) is 32.8 Å². The number of carboxylic acids is 1. The van der Waals surface area contributed by atoms with E-state index in [1.165, 1.54) is 12.1 Å². The van der Waals surface area contributed by atoms with Crippen LogP contribution in [0.4, 0.5) is 9.18 Å². The summed E-state index contributed by atoms with van der Waals surface area (Å²) in [4.78, 5) is 46.6. The molecule has 0 spiro atoms. The molecule has 0 aliphatic carbocycles. The summed E-state index contributed by atoms with van der Waals surface area (Å²) in [6.07, 6.45) is 2.85. The molecular weight excluding hydrogens is 710 g/mol. The van der Waals surface area contributed by atoms with E-state index < -0.39 is 37.6 Å². The van der Waals surface area contributed by atoms with Crippen LogP contribution in [0.15, 0.2) is 60.9 Å². The number of aromatic nitrogens is 2. The number of alkyl carbamates (subject to hydrolysis) is 1. The summed E-state index contributed by atoms with van der Waals surface area (Å²) < 4.78 is 35.2. The lowest BCUT2D eigenvalue weighted by Gasteiger charge is -2.36. The van der Waals surface area contributed by atoms with Crippen molar-refractivity contribution < 1.29 is 38.1 Å². The van der Waals surface area contributed by atoms with E-state index in [9.17, 15) is 19.5 Å². The second-order valence-corrected chi connectivity index (χ2v) is 21.6. The molecule has 14 heteroatoms. The number of aryl methyl sites for hydroxylation is 1. The number of piperazine rings is 1. The number of ether oxygens (including phenoxy) is 3. The normalized spacial score (nSPS) is 14.6. The van der Waals surface area contributed by atoms with Crippen molar-refractivity contribution in [3.63, 3.8) is 0 Å². The van der Waals surface area contributed by atoms with Crippen LogP contribution in [0.25, 0.3) is 11.0 Å². The van der Waals surface area contributed by atoms with Crippen LogP contribution < -0.4 is 10.1 Å². The number of carboxylic acid groups (broad SMARTS) is 1. The molecule has 1 aliphatic heterocycles. The van der Waals surface area contributed by atoms with Gasteiger partial charge in [0.2, 0.25) is 5.91 Å². The Kier molecular flexibility index (Phi) is 12.8. The smallest absolute Gasteiger partial charge is 0.408 e. The number of hydrogen-bond acceptors (Lipinski definition) is 8. The second kappa shape index (κ2) is 17.1. The van der Waals surface area contributed by atoms with Gasteiger partial charge in [0.1, 0.15) is 29.8 Å². The Morgan fingerprint density at radius 1 is 1.00 bits per heavy atom. The van der Waals surface area contributed by atoms with Gasteiger partial charge < -0.3 is 34.1 Å². The molecule has 2 N–H and O–H groups in total.